The van der Waals surface area contributed by atoms with Crippen LogP contribution in [0.4, 0.5) is 15.9 Å². The van der Waals surface area contributed by atoms with Gasteiger partial charge in [0.1, 0.15) is 18.2 Å². The molecule has 2 aromatic carbocycles. The number of fused-ring (bicyclic) bond motifs is 1. The molecule has 0 spiro atoms. The molecule has 35 heavy (non-hydrogen) atoms. The van der Waals surface area contributed by atoms with Crippen LogP contribution >= 0.6 is 11.6 Å². The van der Waals surface area contributed by atoms with E-state index in [1.165, 1.54) is 18.7 Å². The van der Waals surface area contributed by atoms with E-state index < -0.39 is 5.82 Å². The summed E-state index contributed by atoms with van der Waals surface area (Å²) < 4.78 is 31.5. The molecule has 0 radical (unpaired) electrons. The van der Waals surface area contributed by atoms with Gasteiger partial charge in [-0.25, -0.2) is 14.4 Å². The monoisotopic (exact) mass is 496 g/mol. The number of nitrogens with zero attached hydrogens (tertiary/aromatic N) is 3. The zero-order chi connectivity index (χ0) is 24.4. The lowest BCUT2D eigenvalue weighted by Crippen LogP contribution is -2.41. The number of anilines is 2. The van der Waals surface area contributed by atoms with Crippen LogP contribution in [-0.2, 0) is 0 Å². The molecule has 4 aromatic rings. The zero-order valence-corrected chi connectivity index (χ0v) is 19.6. The highest BCUT2D eigenvalue weighted by Gasteiger charge is 2.27. The number of piperidine rings is 1. The van der Waals surface area contributed by atoms with E-state index >= 15 is 0 Å². The number of benzene rings is 2. The van der Waals surface area contributed by atoms with E-state index in [0.717, 1.165) is 0 Å². The molecule has 180 valence electrons. The molecule has 5 rings (SSSR count). The van der Waals surface area contributed by atoms with E-state index in [0.29, 0.717) is 59.9 Å². The third-order valence-corrected chi connectivity index (χ3v) is 6.17. The number of halogens is 2. The fourth-order valence-corrected chi connectivity index (χ4v) is 4.23. The Morgan fingerprint density at radius 2 is 2.00 bits per heavy atom. The SMILES string of the molecule is COc1cc2ncnc(Nc3cccc(Cl)c3F)c2cc1OC1CCN(C(=O)c2ccco2)CC1. The minimum absolute atomic E-state index is 0.0101. The van der Waals surface area contributed by atoms with Gasteiger partial charge in [-0.1, -0.05) is 17.7 Å². The second-order valence-corrected chi connectivity index (χ2v) is 8.46. The van der Waals surface area contributed by atoms with Gasteiger partial charge >= 0.3 is 0 Å². The number of amides is 1. The fourth-order valence-electron chi connectivity index (χ4n) is 4.06. The molecule has 0 atom stereocenters. The van der Waals surface area contributed by atoms with Gasteiger partial charge in [-0.2, -0.15) is 0 Å². The average molecular weight is 497 g/mol. The van der Waals surface area contributed by atoms with Crippen molar-refractivity contribution in [3.8, 4) is 11.5 Å². The second-order valence-electron chi connectivity index (χ2n) is 8.06. The van der Waals surface area contributed by atoms with Crippen LogP contribution in [0.1, 0.15) is 23.4 Å². The first-order valence-corrected chi connectivity index (χ1v) is 11.4. The molecule has 0 bridgehead atoms. The van der Waals surface area contributed by atoms with Crippen molar-refractivity contribution in [3.63, 3.8) is 0 Å². The quantitative estimate of drug-likeness (QED) is 0.379. The lowest BCUT2D eigenvalue weighted by molar-refractivity contribution is 0.0562. The first-order chi connectivity index (χ1) is 17.0. The largest absolute Gasteiger partial charge is 0.493 e. The van der Waals surface area contributed by atoms with Crippen molar-refractivity contribution in [1.82, 2.24) is 14.9 Å². The van der Waals surface area contributed by atoms with Crippen molar-refractivity contribution in [2.24, 2.45) is 0 Å². The van der Waals surface area contributed by atoms with E-state index in [9.17, 15) is 9.18 Å². The van der Waals surface area contributed by atoms with Crippen LogP contribution in [0.2, 0.25) is 5.02 Å². The molecule has 1 amide bonds. The van der Waals surface area contributed by atoms with E-state index in [-0.39, 0.29) is 22.7 Å². The van der Waals surface area contributed by atoms with E-state index in [1.54, 1.807) is 48.4 Å². The van der Waals surface area contributed by atoms with Gasteiger partial charge in [0.25, 0.3) is 5.91 Å². The molecular formula is C25H22ClFN4O4. The number of carbonyl (C=O) groups excluding carboxylic acids is 1. The van der Waals surface area contributed by atoms with Crippen LogP contribution in [0.25, 0.3) is 10.9 Å². The van der Waals surface area contributed by atoms with E-state index in [1.807, 2.05) is 0 Å². The van der Waals surface area contributed by atoms with Crippen LogP contribution in [0.3, 0.4) is 0 Å². The Hall–Kier alpha value is -3.85. The minimum atomic E-state index is -0.568. The summed E-state index contributed by atoms with van der Waals surface area (Å²) in [6.45, 7) is 1.09. The second kappa shape index (κ2) is 9.79. The molecule has 3 heterocycles. The normalized spacial score (nSPS) is 14.2. The van der Waals surface area contributed by atoms with Crippen molar-refractivity contribution in [3.05, 3.63) is 71.7 Å². The summed E-state index contributed by atoms with van der Waals surface area (Å²) in [7, 11) is 1.56. The molecule has 0 saturated carbocycles. The maximum Gasteiger partial charge on any atom is 0.289 e. The molecule has 1 N–H and O–H groups in total. The average Bonchev–Trinajstić information content (AvgIpc) is 3.42. The number of furan rings is 1. The number of nitrogens with one attached hydrogen (secondary N) is 1. The molecular weight excluding hydrogens is 475 g/mol. The predicted molar refractivity (Wildman–Crippen MR) is 129 cm³/mol. The van der Waals surface area contributed by atoms with Gasteiger partial charge in [0.05, 0.1) is 29.6 Å². The predicted octanol–water partition coefficient (Wildman–Crippen LogP) is 5.45. The minimum Gasteiger partial charge on any atom is -0.493 e. The Morgan fingerprint density at radius 3 is 2.74 bits per heavy atom. The third-order valence-electron chi connectivity index (χ3n) is 5.88. The number of hydrogen-bond acceptors (Lipinski definition) is 7. The first-order valence-electron chi connectivity index (χ1n) is 11.1. The third kappa shape index (κ3) is 4.72. The summed E-state index contributed by atoms with van der Waals surface area (Å²) in [5.41, 5.74) is 0.803. The summed E-state index contributed by atoms with van der Waals surface area (Å²) in [6.07, 6.45) is 4.06. The lowest BCUT2D eigenvalue weighted by Gasteiger charge is -2.32. The zero-order valence-electron chi connectivity index (χ0n) is 18.8. The topological polar surface area (TPSA) is 89.7 Å². The molecule has 1 fully saturated rings. The molecule has 0 aliphatic carbocycles. The van der Waals surface area contributed by atoms with Gasteiger partial charge in [-0.3, -0.25) is 4.79 Å². The Bertz CT molecular complexity index is 1360. The van der Waals surface area contributed by atoms with Crippen LogP contribution in [0, 0.1) is 5.82 Å². The summed E-state index contributed by atoms with van der Waals surface area (Å²) in [5, 5.41) is 3.64. The molecule has 1 aliphatic rings. The molecule has 10 heteroatoms. The van der Waals surface area contributed by atoms with E-state index in [2.05, 4.69) is 15.3 Å². The smallest absolute Gasteiger partial charge is 0.289 e. The standard InChI is InChI=1S/C25H22ClFN4O4/c1-33-21-13-19-16(24(29-14-28-19)30-18-5-2-4-17(26)23(18)27)12-22(21)35-15-7-9-31(10-8-15)25(32)20-6-3-11-34-20/h2-6,11-15H,7-10H2,1H3,(H,28,29,30). The summed E-state index contributed by atoms with van der Waals surface area (Å²) in [5.74, 6) is 1.07. The molecule has 0 unspecified atom stereocenters. The number of carbonyl (C=O) groups is 1. The van der Waals surface area contributed by atoms with Gasteiger partial charge in [0.15, 0.2) is 23.1 Å². The van der Waals surface area contributed by atoms with Crippen LogP contribution in [-0.4, -0.2) is 47.1 Å². The van der Waals surface area contributed by atoms with Crippen molar-refractivity contribution in [2.45, 2.75) is 18.9 Å². The summed E-state index contributed by atoms with van der Waals surface area (Å²) >= 11 is 5.92. The van der Waals surface area contributed by atoms with Crippen LogP contribution in [0.15, 0.2) is 59.5 Å². The van der Waals surface area contributed by atoms with Crippen molar-refractivity contribution in [2.75, 3.05) is 25.5 Å². The lowest BCUT2D eigenvalue weighted by atomic mass is 10.1. The number of likely N-dealkylation sites (tertiary alicyclic amines) is 1. The maximum atomic E-state index is 14.5. The van der Waals surface area contributed by atoms with Crippen molar-refractivity contribution >= 4 is 39.9 Å². The Labute approximate surface area is 205 Å². The highest BCUT2D eigenvalue weighted by Crippen LogP contribution is 2.37. The van der Waals surface area contributed by atoms with E-state index in [4.69, 9.17) is 25.5 Å². The van der Waals surface area contributed by atoms with Crippen LogP contribution < -0.4 is 14.8 Å². The Kier molecular flexibility index (Phi) is 6.41. The number of hydrogen-bond donors (Lipinski definition) is 1. The maximum absolute atomic E-state index is 14.5. The summed E-state index contributed by atoms with van der Waals surface area (Å²) in [6, 6.07) is 11.6. The van der Waals surface area contributed by atoms with Crippen LogP contribution in [0.5, 0.6) is 11.5 Å². The highest BCUT2D eigenvalue weighted by atomic mass is 35.5. The van der Waals surface area contributed by atoms with Gasteiger partial charge in [0.2, 0.25) is 0 Å². The fraction of sp³-hybridized carbons (Fsp3) is 0.240. The van der Waals surface area contributed by atoms with Gasteiger partial charge < -0.3 is 24.1 Å². The molecule has 1 aliphatic heterocycles. The first kappa shape index (κ1) is 22.9. The Morgan fingerprint density at radius 1 is 1.17 bits per heavy atom. The van der Waals surface area contributed by atoms with Crippen molar-refractivity contribution < 1.29 is 23.1 Å². The number of aromatic nitrogens is 2. The molecule has 2 aromatic heterocycles. The molecule has 8 nitrogen and oxygen atoms in total. The van der Waals surface area contributed by atoms with Gasteiger partial charge in [-0.05, 0) is 30.3 Å². The van der Waals surface area contributed by atoms with Gasteiger partial charge in [-0.15, -0.1) is 0 Å². The number of methoxy groups -OCH3 is 1. The summed E-state index contributed by atoms with van der Waals surface area (Å²) in [4.78, 5) is 22.9. The number of rotatable bonds is 6. The highest BCUT2D eigenvalue weighted by molar-refractivity contribution is 6.31. The van der Waals surface area contributed by atoms with Crippen molar-refractivity contribution in [1.29, 1.82) is 0 Å². The van der Waals surface area contributed by atoms with Gasteiger partial charge in [0, 0.05) is 37.4 Å². The Balaban J connectivity index is 1.36. The molecule has 1 saturated heterocycles. The number of ether oxygens (including phenoxy) is 2.